The second-order valence-corrected chi connectivity index (χ2v) is 5.69. The number of carbonyl (C=O) groups excluding carboxylic acids is 1. The number of hydrogen-bond donors (Lipinski definition) is 0. The van der Waals surface area contributed by atoms with Crippen molar-refractivity contribution < 1.29 is 4.79 Å². The molecule has 2 heteroatoms. The molecule has 3 fully saturated rings. The van der Waals surface area contributed by atoms with E-state index in [2.05, 4.69) is 25.7 Å². The van der Waals surface area contributed by atoms with Crippen molar-refractivity contribution in [2.24, 2.45) is 5.92 Å². The summed E-state index contributed by atoms with van der Waals surface area (Å²) in [5.41, 5.74) is 0.361. The van der Waals surface area contributed by atoms with Crippen LogP contribution in [0.1, 0.15) is 59.3 Å². The summed E-state index contributed by atoms with van der Waals surface area (Å²) in [6.45, 7) is 7.81. The maximum atomic E-state index is 12.0. The van der Waals surface area contributed by atoms with E-state index < -0.39 is 0 Å². The number of ketones is 1. The monoisotopic (exact) mass is 223 g/mol. The second kappa shape index (κ2) is 4.48. The van der Waals surface area contributed by atoms with Crippen molar-refractivity contribution in [3.8, 4) is 0 Å². The number of piperidine rings is 3. The zero-order chi connectivity index (χ0) is 11.8. The molecule has 3 aliphatic heterocycles. The van der Waals surface area contributed by atoms with E-state index in [1.54, 1.807) is 0 Å². The van der Waals surface area contributed by atoms with Gasteiger partial charge in [-0.25, -0.2) is 0 Å². The van der Waals surface area contributed by atoms with Gasteiger partial charge in [0.05, 0.1) is 6.04 Å². The first-order valence-corrected chi connectivity index (χ1v) is 6.95. The van der Waals surface area contributed by atoms with Crippen LogP contribution in [0.4, 0.5) is 0 Å². The summed E-state index contributed by atoms with van der Waals surface area (Å²) < 4.78 is 0. The highest BCUT2D eigenvalue weighted by Crippen LogP contribution is 2.45. The van der Waals surface area contributed by atoms with Gasteiger partial charge in [0.2, 0.25) is 0 Å². The van der Waals surface area contributed by atoms with Gasteiger partial charge in [-0.3, -0.25) is 9.69 Å². The van der Waals surface area contributed by atoms with Crippen LogP contribution >= 0.6 is 0 Å². The van der Waals surface area contributed by atoms with E-state index in [0.717, 1.165) is 19.4 Å². The van der Waals surface area contributed by atoms with Gasteiger partial charge in [0.1, 0.15) is 0 Å². The van der Waals surface area contributed by atoms with Crippen molar-refractivity contribution in [1.82, 2.24) is 4.90 Å². The normalized spacial score (nSPS) is 36.7. The largest absolute Gasteiger partial charge is 0.298 e. The predicted octanol–water partition coefficient (Wildman–Crippen LogP) is 3.01. The van der Waals surface area contributed by atoms with Crippen LogP contribution in [0.3, 0.4) is 0 Å². The minimum absolute atomic E-state index is 0.186. The molecule has 0 N–H and O–H groups in total. The Kier molecular flexibility index (Phi) is 3.39. The zero-order valence-corrected chi connectivity index (χ0v) is 11.0. The Balaban J connectivity index is 2.24. The van der Waals surface area contributed by atoms with Crippen LogP contribution < -0.4 is 0 Å². The first-order valence-electron chi connectivity index (χ1n) is 6.95. The van der Waals surface area contributed by atoms with Crippen molar-refractivity contribution in [3.63, 3.8) is 0 Å². The fourth-order valence-electron chi connectivity index (χ4n) is 4.10. The minimum Gasteiger partial charge on any atom is -0.298 e. The molecule has 0 amide bonds. The molecule has 3 atom stereocenters. The van der Waals surface area contributed by atoms with Gasteiger partial charge in [-0.1, -0.05) is 26.7 Å². The summed E-state index contributed by atoms with van der Waals surface area (Å²) in [4.78, 5) is 14.6. The van der Waals surface area contributed by atoms with Gasteiger partial charge in [-0.2, -0.15) is 0 Å². The van der Waals surface area contributed by atoms with Crippen molar-refractivity contribution >= 4 is 5.78 Å². The Bertz CT molecular complexity index is 264. The fourth-order valence-corrected chi connectivity index (χ4v) is 4.10. The summed E-state index contributed by atoms with van der Waals surface area (Å²) in [7, 11) is 0. The van der Waals surface area contributed by atoms with Crippen molar-refractivity contribution in [2.45, 2.75) is 70.9 Å². The van der Waals surface area contributed by atoms with E-state index in [9.17, 15) is 4.79 Å². The van der Waals surface area contributed by atoms with Gasteiger partial charge in [0, 0.05) is 18.0 Å². The molecule has 3 aliphatic rings. The van der Waals surface area contributed by atoms with E-state index in [-0.39, 0.29) is 6.04 Å². The van der Waals surface area contributed by atoms with Crippen LogP contribution in [0.5, 0.6) is 0 Å². The molecular formula is C14H25NO. The maximum absolute atomic E-state index is 12.0. The first kappa shape index (κ1) is 12.1. The van der Waals surface area contributed by atoms with Crippen LogP contribution in [0.2, 0.25) is 0 Å². The number of nitrogens with zero attached hydrogens (tertiary/aromatic N) is 1. The average Bonchev–Trinajstić information content (AvgIpc) is 2.26. The second-order valence-electron chi connectivity index (χ2n) is 5.69. The van der Waals surface area contributed by atoms with Gasteiger partial charge in [-0.15, -0.1) is 0 Å². The number of carbonyl (C=O) groups is 1. The fraction of sp³-hybridized carbons (Fsp3) is 0.929. The average molecular weight is 223 g/mol. The predicted molar refractivity (Wildman–Crippen MR) is 66.4 cm³/mol. The van der Waals surface area contributed by atoms with Crippen molar-refractivity contribution in [1.29, 1.82) is 0 Å². The van der Waals surface area contributed by atoms with E-state index >= 15 is 0 Å². The molecule has 0 aromatic carbocycles. The molecule has 2 bridgehead atoms. The Morgan fingerprint density at radius 2 is 1.94 bits per heavy atom. The van der Waals surface area contributed by atoms with Crippen LogP contribution in [-0.2, 0) is 4.79 Å². The third-order valence-electron chi connectivity index (χ3n) is 4.67. The molecule has 3 saturated heterocycles. The third-order valence-corrected chi connectivity index (χ3v) is 4.67. The van der Waals surface area contributed by atoms with Crippen LogP contribution in [0, 0.1) is 5.92 Å². The zero-order valence-electron chi connectivity index (χ0n) is 11.0. The van der Waals surface area contributed by atoms with Crippen LogP contribution in [0.25, 0.3) is 0 Å². The molecule has 92 valence electrons. The van der Waals surface area contributed by atoms with Crippen LogP contribution in [0.15, 0.2) is 0 Å². The molecule has 0 aromatic heterocycles. The Labute approximate surface area is 99.4 Å². The lowest BCUT2D eigenvalue weighted by molar-refractivity contribution is -0.149. The highest BCUT2D eigenvalue weighted by Gasteiger charge is 2.51. The highest BCUT2D eigenvalue weighted by atomic mass is 16.1. The SMILES string of the molecule is CCCC1(CCC)CC2CCN1C(C)C2=O. The topological polar surface area (TPSA) is 20.3 Å². The summed E-state index contributed by atoms with van der Waals surface area (Å²) in [6.07, 6.45) is 7.27. The van der Waals surface area contributed by atoms with Crippen molar-refractivity contribution in [3.05, 3.63) is 0 Å². The van der Waals surface area contributed by atoms with Crippen molar-refractivity contribution in [2.75, 3.05) is 6.54 Å². The van der Waals surface area contributed by atoms with E-state index in [1.165, 1.54) is 25.7 Å². The molecule has 3 unspecified atom stereocenters. The molecule has 3 rings (SSSR count). The lowest BCUT2D eigenvalue weighted by Crippen LogP contribution is -2.65. The van der Waals surface area contributed by atoms with E-state index in [4.69, 9.17) is 0 Å². The quantitative estimate of drug-likeness (QED) is 0.730. The van der Waals surface area contributed by atoms with Crippen LogP contribution in [-0.4, -0.2) is 28.8 Å². The van der Waals surface area contributed by atoms with E-state index in [0.29, 0.717) is 17.2 Å². The molecule has 0 saturated carbocycles. The molecule has 0 radical (unpaired) electrons. The number of hydrogen-bond acceptors (Lipinski definition) is 2. The first-order chi connectivity index (χ1) is 7.64. The van der Waals surface area contributed by atoms with E-state index in [1.807, 2.05) is 0 Å². The molecule has 0 aromatic rings. The summed E-state index contributed by atoms with van der Waals surface area (Å²) in [5, 5.41) is 0. The lowest BCUT2D eigenvalue weighted by atomic mass is 9.67. The standard InChI is InChI=1S/C14H25NO/c1-4-7-14(8-5-2)10-12-6-9-15(14)11(3)13(12)16/h11-12H,4-10H2,1-3H3. The summed E-state index contributed by atoms with van der Waals surface area (Å²) in [6, 6.07) is 0.186. The highest BCUT2D eigenvalue weighted by molar-refractivity contribution is 5.87. The summed E-state index contributed by atoms with van der Waals surface area (Å²) in [5.74, 6) is 0.882. The van der Waals surface area contributed by atoms with Gasteiger partial charge < -0.3 is 0 Å². The molecule has 16 heavy (non-hydrogen) atoms. The van der Waals surface area contributed by atoms with Gasteiger partial charge in [0.15, 0.2) is 5.78 Å². The molecule has 2 nitrogen and oxygen atoms in total. The lowest BCUT2D eigenvalue weighted by Gasteiger charge is -2.57. The smallest absolute Gasteiger partial charge is 0.152 e. The van der Waals surface area contributed by atoms with Gasteiger partial charge in [-0.05, 0) is 32.6 Å². The molecular weight excluding hydrogens is 198 g/mol. The molecule has 3 heterocycles. The summed E-state index contributed by atoms with van der Waals surface area (Å²) >= 11 is 0. The number of Topliss-reactive ketones (excluding diaryl/α,β-unsaturated/α-hetero) is 1. The number of rotatable bonds is 4. The molecule has 0 aliphatic carbocycles. The third kappa shape index (κ3) is 1.71. The number of fused-ring (bicyclic) bond motifs is 3. The van der Waals surface area contributed by atoms with Gasteiger partial charge >= 0.3 is 0 Å². The maximum Gasteiger partial charge on any atom is 0.152 e. The Morgan fingerprint density at radius 3 is 2.44 bits per heavy atom. The van der Waals surface area contributed by atoms with Gasteiger partial charge in [0.25, 0.3) is 0 Å². The Hall–Kier alpha value is -0.370. The molecule has 0 spiro atoms. The Morgan fingerprint density at radius 1 is 1.31 bits per heavy atom. The minimum atomic E-state index is 0.186.